The van der Waals surface area contributed by atoms with E-state index in [4.69, 9.17) is 5.11 Å². The fraction of sp³-hybridized carbons (Fsp3) is 0.909. The number of carbonyl (C=O) groups is 1. The van der Waals surface area contributed by atoms with Crippen molar-refractivity contribution in [1.29, 1.82) is 0 Å². The summed E-state index contributed by atoms with van der Waals surface area (Å²) in [6.07, 6.45) is 3.99. The van der Waals surface area contributed by atoms with Crippen molar-refractivity contribution < 1.29 is 9.90 Å². The van der Waals surface area contributed by atoms with Crippen molar-refractivity contribution in [1.82, 2.24) is 10.2 Å². The van der Waals surface area contributed by atoms with Crippen LogP contribution in [0.15, 0.2) is 0 Å². The van der Waals surface area contributed by atoms with Gasteiger partial charge in [0.15, 0.2) is 0 Å². The lowest BCUT2D eigenvalue weighted by Gasteiger charge is -2.30. The Morgan fingerprint density at radius 3 is 2.53 bits per heavy atom. The molecule has 0 atom stereocenters. The van der Waals surface area contributed by atoms with Crippen LogP contribution in [0.25, 0.3) is 0 Å². The SMILES string of the molecule is CN1CCC(NCC2(C(=O)O)CC2)CC1. The molecule has 86 valence electrons. The minimum atomic E-state index is -0.622. The van der Waals surface area contributed by atoms with Gasteiger partial charge in [-0.1, -0.05) is 0 Å². The van der Waals surface area contributed by atoms with Crippen LogP contribution in [-0.2, 0) is 4.79 Å². The van der Waals surface area contributed by atoms with E-state index in [0.717, 1.165) is 38.8 Å². The minimum Gasteiger partial charge on any atom is -0.481 e. The van der Waals surface area contributed by atoms with Gasteiger partial charge in [-0.25, -0.2) is 0 Å². The lowest BCUT2D eigenvalue weighted by atomic mass is 10.0. The van der Waals surface area contributed by atoms with Crippen LogP contribution >= 0.6 is 0 Å². The second kappa shape index (κ2) is 4.10. The van der Waals surface area contributed by atoms with Crippen molar-refractivity contribution in [2.45, 2.75) is 31.7 Å². The summed E-state index contributed by atoms with van der Waals surface area (Å²) >= 11 is 0. The van der Waals surface area contributed by atoms with Gasteiger partial charge in [-0.3, -0.25) is 4.79 Å². The second-order valence-corrected chi connectivity index (χ2v) is 5.04. The summed E-state index contributed by atoms with van der Waals surface area (Å²) in [6, 6.07) is 0.526. The molecule has 2 N–H and O–H groups in total. The van der Waals surface area contributed by atoms with Gasteiger partial charge in [-0.2, -0.15) is 0 Å². The molecule has 0 aromatic rings. The highest BCUT2D eigenvalue weighted by Crippen LogP contribution is 2.45. The van der Waals surface area contributed by atoms with Crippen LogP contribution < -0.4 is 5.32 Å². The highest BCUT2D eigenvalue weighted by Gasteiger charge is 2.50. The molecule has 4 heteroatoms. The Morgan fingerprint density at radius 2 is 2.07 bits per heavy atom. The topological polar surface area (TPSA) is 52.6 Å². The fourth-order valence-corrected chi connectivity index (χ4v) is 2.17. The zero-order valence-corrected chi connectivity index (χ0v) is 9.33. The van der Waals surface area contributed by atoms with Crippen molar-refractivity contribution in [3.63, 3.8) is 0 Å². The number of nitrogens with zero attached hydrogens (tertiary/aromatic N) is 1. The summed E-state index contributed by atoms with van der Waals surface area (Å²) in [5, 5.41) is 12.4. The number of carboxylic acid groups (broad SMARTS) is 1. The largest absolute Gasteiger partial charge is 0.481 e. The van der Waals surface area contributed by atoms with Gasteiger partial charge < -0.3 is 15.3 Å². The first-order valence-electron chi connectivity index (χ1n) is 5.78. The molecule has 0 aromatic heterocycles. The van der Waals surface area contributed by atoms with Gasteiger partial charge in [0.1, 0.15) is 0 Å². The number of carboxylic acids is 1. The summed E-state index contributed by atoms with van der Waals surface area (Å²) in [5.74, 6) is -0.622. The summed E-state index contributed by atoms with van der Waals surface area (Å²) in [4.78, 5) is 13.3. The van der Waals surface area contributed by atoms with Gasteiger partial charge in [0.05, 0.1) is 5.41 Å². The second-order valence-electron chi connectivity index (χ2n) is 5.04. The van der Waals surface area contributed by atoms with Gasteiger partial charge in [-0.05, 0) is 45.8 Å². The number of aliphatic carboxylic acids is 1. The Bertz CT molecular complexity index is 243. The molecule has 4 nitrogen and oxygen atoms in total. The lowest BCUT2D eigenvalue weighted by molar-refractivity contribution is -0.143. The monoisotopic (exact) mass is 212 g/mol. The minimum absolute atomic E-state index is 0.413. The fourth-order valence-electron chi connectivity index (χ4n) is 2.17. The number of likely N-dealkylation sites (tertiary alicyclic amines) is 1. The molecule has 0 aromatic carbocycles. The summed E-state index contributed by atoms with van der Waals surface area (Å²) < 4.78 is 0. The number of hydrogen-bond acceptors (Lipinski definition) is 3. The molecule has 0 bridgehead atoms. The Labute approximate surface area is 90.6 Å². The molecular weight excluding hydrogens is 192 g/mol. The van der Waals surface area contributed by atoms with Gasteiger partial charge in [0, 0.05) is 12.6 Å². The van der Waals surface area contributed by atoms with E-state index < -0.39 is 11.4 Å². The van der Waals surface area contributed by atoms with Gasteiger partial charge in [0.25, 0.3) is 0 Å². The third kappa shape index (κ3) is 2.49. The number of rotatable bonds is 4. The van der Waals surface area contributed by atoms with Crippen molar-refractivity contribution in [2.24, 2.45) is 5.41 Å². The molecule has 2 aliphatic rings. The van der Waals surface area contributed by atoms with E-state index >= 15 is 0 Å². The number of nitrogens with one attached hydrogen (secondary N) is 1. The van der Waals surface area contributed by atoms with Gasteiger partial charge >= 0.3 is 5.97 Å². The average Bonchev–Trinajstić information content (AvgIpc) is 2.98. The van der Waals surface area contributed by atoms with E-state index in [1.807, 2.05) is 0 Å². The zero-order chi connectivity index (χ0) is 10.9. The molecule has 0 unspecified atom stereocenters. The van der Waals surface area contributed by atoms with E-state index in [1.54, 1.807) is 0 Å². The van der Waals surface area contributed by atoms with E-state index in [9.17, 15) is 4.79 Å². The Morgan fingerprint density at radius 1 is 1.47 bits per heavy atom. The molecule has 0 spiro atoms. The van der Waals surface area contributed by atoms with Gasteiger partial charge in [0.2, 0.25) is 0 Å². The third-order valence-electron chi connectivity index (χ3n) is 3.75. The molecule has 1 heterocycles. The third-order valence-corrected chi connectivity index (χ3v) is 3.75. The van der Waals surface area contributed by atoms with Crippen molar-refractivity contribution >= 4 is 5.97 Å². The lowest BCUT2D eigenvalue weighted by Crippen LogP contribution is -2.43. The molecule has 1 aliphatic heterocycles. The average molecular weight is 212 g/mol. The standard InChI is InChI=1S/C11H20N2O2/c1-13-6-2-9(3-7-13)12-8-11(4-5-11)10(14)15/h9,12H,2-8H2,1H3,(H,14,15). The summed E-state index contributed by atoms with van der Waals surface area (Å²) in [5.41, 5.74) is -0.413. The molecule has 15 heavy (non-hydrogen) atoms. The first-order chi connectivity index (χ1) is 7.12. The number of piperidine rings is 1. The molecular formula is C11H20N2O2. The first-order valence-corrected chi connectivity index (χ1v) is 5.78. The normalized spacial score (nSPS) is 26.5. The predicted molar refractivity (Wildman–Crippen MR) is 57.8 cm³/mol. The Balaban J connectivity index is 1.72. The van der Waals surface area contributed by atoms with Crippen molar-refractivity contribution in [3.8, 4) is 0 Å². The molecule has 1 aliphatic carbocycles. The van der Waals surface area contributed by atoms with Crippen molar-refractivity contribution in [3.05, 3.63) is 0 Å². The van der Waals surface area contributed by atoms with Crippen LogP contribution in [0, 0.1) is 5.41 Å². The maximum atomic E-state index is 11.0. The van der Waals surface area contributed by atoms with Crippen LogP contribution in [-0.4, -0.2) is 48.7 Å². The zero-order valence-electron chi connectivity index (χ0n) is 9.33. The van der Waals surface area contributed by atoms with Crippen LogP contribution in [0.5, 0.6) is 0 Å². The molecule has 2 rings (SSSR count). The predicted octanol–water partition coefficient (Wildman–Crippen LogP) is 0.535. The van der Waals surface area contributed by atoms with Crippen molar-refractivity contribution in [2.75, 3.05) is 26.7 Å². The molecule has 2 fully saturated rings. The summed E-state index contributed by atoms with van der Waals surface area (Å²) in [6.45, 7) is 2.91. The maximum Gasteiger partial charge on any atom is 0.310 e. The smallest absolute Gasteiger partial charge is 0.310 e. The molecule has 1 saturated carbocycles. The summed E-state index contributed by atoms with van der Waals surface area (Å²) in [7, 11) is 2.13. The quantitative estimate of drug-likeness (QED) is 0.714. The van der Waals surface area contributed by atoms with Crippen LogP contribution in [0.1, 0.15) is 25.7 Å². The number of hydrogen-bond donors (Lipinski definition) is 2. The van der Waals surface area contributed by atoms with Crippen LogP contribution in [0.4, 0.5) is 0 Å². The maximum absolute atomic E-state index is 11.0. The van der Waals surface area contributed by atoms with Crippen LogP contribution in [0.3, 0.4) is 0 Å². The molecule has 0 radical (unpaired) electrons. The van der Waals surface area contributed by atoms with E-state index in [0.29, 0.717) is 12.6 Å². The van der Waals surface area contributed by atoms with E-state index in [-0.39, 0.29) is 0 Å². The van der Waals surface area contributed by atoms with E-state index in [2.05, 4.69) is 17.3 Å². The Kier molecular flexibility index (Phi) is 2.98. The highest BCUT2D eigenvalue weighted by atomic mass is 16.4. The molecule has 0 amide bonds. The first kappa shape index (κ1) is 10.9. The van der Waals surface area contributed by atoms with Gasteiger partial charge in [-0.15, -0.1) is 0 Å². The Hall–Kier alpha value is -0.610. The molecule has 1 saturated heterocycles. The highest BCUT2D eigenvalue weighted by molar-refractivity contribution is 5.78. The van der Waals surface area contributed by atoms with E-state index in [1.165, 1.54) is 0 Å². The van der Waals surface area contributed by atoms with Crippen LogP contribution in [0.2, 0.25) is 0 Å².